The summed E-state index contributed by atoms with van der Waals surface area (Å²) in [7, 11) is 0. The second-order valence-corrected chi connectivity index (χ2v) is 4.64. The molecule has 3 aromatic rings. The predicted molar refractivity (Wildman–Crippen MR) is 75.4 cm³/mol. The van der Waals surface area contributed by atoms with Crippen LogP contribution in [0.15, 0.2) is 59.1 Å². The molecule has 2 aromatic carbocycles. The van der Waals surface area contributed by atoms with Gasteiger partial charge in [0, 0.05) is 5.56 Å². The van der Waals surface area contributed by atoms with Gasteiger partial charge in [-0.3, -0.25) is 0 Å². The van der Waals surface area contributed by atoms with Crippen molar-refractivity contribution in [2.75, 3.05) is 0 Å². The summed E-state index contributed by atoms with van der Waals surface area (Å²) in [5, 5.41) is 13.3. The first kappa shape index (κ1) is 12.4. The van der Waals surface area contributed by atoms with Gasteiger partial charge in [-0.05, 0) is 36.8 Å². The van der Waals surface area contributed by atoms with Crippen LogP contribution in [0.3, 0.4) is 0 Å². The number of hydrogen-bond donors (Lipinski definition) is 1. The summed E-state index contributed by atoms with van der Waals surface area (Å²) in [4.78, 5) is 4.43. The molecule has 0 aliphatic heterocycles. The minimum absolute atomic E-state index is 0.0505. The van der Waals surface area contributed by atoms with Gasteiger partial charge >= 0.3 is 0 Å². The molecule has 100 valence electrons. The number of nitrogens with zero attached hydrogens (tertiary/aromatic N) is 2. The number of aromatic nitrogens is 2. The number of hydrogen-bond acceptors (Lipinski definition) is 4. The second kappa shape index (κ2) is 5.17. The summed E-state index contributed by atoms with van der Waals surface area (Å²) in [5.41, 5.74) is 1.95. The molecular weight excluding hydrogens is 252 g/mol. The number of benzene rings is 2. The molecule has 1 unspecified atom stereocenters. The quantitative estimate of drug-likeness (QED) is 0.787. The van der Waals surface area contributed by atoms with Crippen LogP contribution in [0.1, 0.15) is 24.3 Å². The van der Waals surface area contributed by atoms with Gasteiger partial charge in [-0.25, -0.2) is 0 Å². The Kier molecular flexibility index (Phi) is 3.21. The van der Waals surface area contributed by atoms with Gasteiger partial charge in [0.15, 0.2) is 0 Å². The van der Waals surface area contributed by atoms with Crippen LogP contribution in [-0.4, -0.2) is 15.2 Å². The SMILES string of the molecule is CC(c1ccccc1)c1nc(-c2ccc(O)cc2)no1. The summed E-state index contributed by atoms with van der Waals surface area (Å²) in [5.74, 6) is 1.38. The van der Waals surface area contributed by atoms with E-state index in [1.54, 1.807) is 24.3 Å². The molecule has 0 radical (unpaired) electrons. The van der Waals surface area contributed by atoms with Crippen molar-refractivity contribution in [3.8, 4) is 17.1 Å². The van der Waals surface area contributed by atoms with Crippen molar-refractivity contribution in [3.05, 3.63) is 66.1 Å². The lowest BCUT2D eigenvalue weighted by atomic mass is 10.0. The van der Waals surface area contributed by atoms with E-state index in [1.165, 1.54) is 0 Å². The third kappa shape index (κ3) is 2.40. The molecule has 0 amide bonds. The molecule has 4 heteroatoms. The Morgan fingerprint density at radius 2 is 1.70 bits per heavy atom. The molecule has 0 saturated heterocycles. The third-order valence-electron chi connectivity index (χ3n) is 3.24. The average Bonchev–Trinajstić information content (AvgIpc) is 2.98. The van der Waals surface area contributed by atoms with Gasteiger partial charge in [0.25, 0.3) is 0 Å². The van der Waals surface area contributed by atoms with Gasteiger partial charge in [-0.15, -0.1) is 0 Å². The maximum absolute atomic E-state index is 9.28. The van der Waals surface area contributed by atoms with E-state index in [9.17, 15) is 5.11 Å². The second-order valence-electron chi connectivity index (χ2n) is 4.64. The summed E-state index contributed by atoms with van der Waals surface area (Å²) < 4.78 is 5.34. The molecule has 1 atom stereocenters. The Balaban J connectivity index is 1.89. The van der Waals surface area contributed by atoms with Crippen LogP contribution in [0.25, 0.3) is 11.4 Å². The molecule has 1 N–H and O–H groups in total. The highest BCUT2D eigenvalue weighted by Crippen LogP contribution is 2.25. The van der Waals surface area contributed by atoms with E-state index in [4.69, 9.17) is 4.52 Å². The van der Waals surface area contributed by atoms with Crippen LogP contribution in [-0.2, 0) is 0 Å². The van der Waals surface area contributed by atoms with E-state index in [2.05, 4.69) is 10.1 Å². The molecule has 3 rings (SSSR count). The minimum Gasteiger partial charge on any atom is -0.508 e. The molecule has 0 fully saturated rings. The van der Waals surface area contributed by atoms with E-state index >= 15 is 0 Å². The van der Waals surface area contributed by atoms with Crippen LogP contribution in [0.2, 0.25) is 0 Å². The van der Waals surface area contributed by atoms with Crippen LogP contribution in [0.4, 0.5) is 0 Å². The lowest BCUT2D eigenvalue weighted by Gasteiger charge is -2.05. The molecular formula is C16H14N2O2. The summed E-state index contributed by atoms with van der Waals surface area (Å²) in [6.45, 7) is 2.03. The van der Waals surface area contributed by atoms with E-state index < -0.39 is 0 Å². The number of rotatable bonds is 3. The average molecular weight is 266 g/mol. The highest BCUT2D eigenvalue weighted by atomic mass is 16.5. The zero-order valence-electron chi connectivity index (χ0n) is 11.0. The molecule has 1 aromatic heterocycles. The molecule has 0 bridgehead atoms. The summed E-state index contributed by atoms with van der Waals surface area (Å²) in [6, 6.07) is 16.8. The Labute approximate surface area is 116 Å². The molecule has 0 aliphatic rings. The maximum Gasteiger partial charge on any atom is 0.234 e. The van der Waals surface area contributed by atoms with Crippen LogP contribution in [0.5, 0.6) is 5.75 Å². The maximum atomic E-state index is 9.28. The van der Waals surface area contributed by atoms with Crippen LogP contribution >= 0.6 is 0 Å². The molecule has 0 aliphatic carbocycles. The van der Waals surface area contributed by atoms with E-state index in [0.717, 1.165) is 11.1 Å². The normalized spacial score (nSPS) is 12.2. The van der Waals surface area contributed by atoms with Crippen LogP contribution in [0, 0.1) is 0 Å². The topological polar surface area (TPSA) is 59.2 Å². The van der Waals surface area contributed by atoms with Crippen molar-refractivity contribution in [3.63, 3.8) is 0 Å². The first-order valence-corrected chi connectivity index (χ1v) is 6.42. The van der Waals surface area contributed by atoms with Crippen molar-refractivity contribution in [1.29, 1.82) is 0 Å². The highest BCUT2D eigenvalue weighted by Gasteiger charge is 2.16. The van der Waals surface area contributed by atoms with E-state index in [0.29, 0.717) is 11.7 Å². The van der Waals surface area contributed by atoms with Crippen molar-refractivity contribution in [1.82, 2.24) is 10.1 Å². The Morgan fingerprint density at radius 1 is 1.00 bits per heavy atom. The van der Waals surface area contributed by atoms with Crippen LogP contribution < -0.4 is 0 Å². The molecule has 0 spiro atoms. The fourth-order valence-corrected chi connectivity index (χ4v) is 2.02. The van der Waals surface area contributed by atoms with E-state index in [-0.39, 0.29) is 11.7 Å². The van der Waals surface area contributed by atoms with Crippen molar-refractivity contribution >= 4 is 0 Å². The monoisotopic (exact) mass is 266 g/mol. The van der Waals surface area contributed by atoms with Crippen molar-refractivity contribution in [2.45, 2.75) is 12.8 Å². The Bertz CT molecular complexity index is 690. The minimum atomic E-state index is 0.0505. The fourth-order valence-electron chi connectivity index (χ4n) is 2.02. The first-order chi connectivity index (χ1) is 9.74. The number of aromatic hydroxyl groups is 1. The Hall–Kier alpha value is -2.62. The highest BCUT2D eigenvalue weighted by molar-refractivity contribution is 5.55. The lowest BCUT2D eigenvalue weighted by Crippen LogP contribution is -1.95. The molecule has 20 heavy (non-hydrogen) atoms. The lowest BCUT2D eigenvalue weighted by molar-refractivity contribution is 0.371. The summed E-state index contributed by atoms with van der Waals surface area (Å²) in [6.07, 6.45) is 0. The fraction of sp³-hybridized carbons (Fsp3) is 0.125. The Morgan fingerprint density at radius 3 is 2.40 bits per heavy atom. The number of phenols is 1. The van der Waals surface area contributed by atoms with Gasteiger partial charge in [-0.1, -0.05) is 35.5 Å². The summed E-state index contributed by atoms with van der Waals surface area (Å²) >= 11 is 0. The standard InChI is InChI=1S/C16H14N2O2/c1-11(12-5-3-2-4-6-12)16-17-15(18-20-16)13-7-9-14(19)10-8-13/h2-11,19H,1H3. The molecule has 4 nitrogen and oxygen atoms in total. The van der Waals surface area contributed by atoms with Gasteiger partial charge in [-0.2, -0.15) is 4.98 Å². The first-order valence-electron chi connectivity index (χ1n) is 6.42. The zero-order chi connectivity index (χ0) is 13.9. The largest absolute Gasteiger partial charge is 0.508 e. The predicted octanol–water partition coefficient (Wildman–Crippen LogP) is 3.59. The van der Waals surface area contributed by atoms with Crippen molar-refractivity contribution in [2.24, 2.45) is 0 Å². The molecule has 1 heterocycles. The van der Waals surface area contributed by atoms with Gasteiger partial charge in [0.2, 0.25) is 11.7 Å². The third-order valence-corrected chi connectivity index (χ3v) is 3.24. The molecule has 0 saturated carbocycles. The van der Waals surface area contributed by atoms with Gasteiger partial charge < -0.3 is 9.63 Å². The zero-order valence-corrected chi connectivity index (χ0v) is 11.0. The number of phenolic OH excluding ortho intramolecular Hbond substituents is 1. The smallest absolute Gasteiger partial charge is 0.234 e. The van der Waals surface area contributed by atoms with Crippen molar-refractivity contribution < 1.29 is 9.63 Å². The van der Waals surface area contributed by atoms with E-state index in [1.807, 2.05) is 37.3 Å². The van der Waals surface area contributed by atoms with Gasteiger partial charge in [0.05, 0.1) is 5.92 Å². The van der Waals surface area contributed by atoms with Gasteiger partial charge in [0.1, 0.15) is 5.75 Å².